The Morgan fingerprint density at radius 2 is 2.02 bits per heavy atom. The van der Waals surface area contributed by atoms with Gasteiger partial charge < -0.3 is 23.7 Å². The Bertz CT molecular complexity index is 2010. The molecule has 1 N–H and O–H groups in total. The van der Waals surface area contributed by atoms with Crippen molar-refractivity contribution in [3.05, 3.63) is 76.2 Å². The number of fused-ring (bicyclic) bond motifs is 4. The number of hydrogen-bond donors (Lipinski definition) is 1. The van der Waals surface area contributed by atoms with E-state index in [0.29, 0.717) is 54.9 Å². The van der Waals surface area contributed by atoms with Crippen LogP contribution >= 0.6 is 0 Å². The molecule has 2 fully saturated rings. The van der Waals surface area contributed by atoms with E-state index in [2.05, 4.69) is 9.47 Å². The third-order valence-corrected chi connectivity index (χ3v) is 9.54. The van der Waals surface area contributed by atoms with Crippen LogP contribution < -0.4 is 15.3 Å². The highest BCUT2D eigenvalue weighted by Gasteiger charge is 2.49. The molecule has 0 saturated carbocycles. The molecule has 2 aromatic carbocycles. The molecule has 2 atom stereocenters. The topological polar surface area (TPSA) is 96.9 Å². The lowest BCUT2D eigenvalue weighted by molar-refractivity contribution is 0.107. The Hall–Kier alpha value is -4.51. The minimum atomic E-state index is -0.900. The Kier molecular flexibility index (Phi) is 6.16. The summed E-state index contributed by atoms with van der Waals surface area (Å²) in [5.41, 5.74) is 1.04. The number of nitrogens with zero attached hydrogens (tertiary/aromatic N) is 5. The van der Waals surface area contributed by atoms with Crippen LogP contribution in [0.15, 0.2) is 57.9 Å². The van der Waals surface area contributed by atoms with Gasteiger partial charge in [-0.1, -0.05) is 12.1 Å². The first-order chi connectivity index (χ1) is 21.3. The number of aromatic nitrogens is 3. The molecule has 8 rings (SSSR count). The maximum absolute atomic E-state index is 15.2. The molecule has 0 unspecified atom stereocenters. The maximum Gasteiger partial charge on any atom is 0.349 e. The molecule has 0 spiro atoms. The van der Waals surface area contributed by atoms with E-state index in [1.54, 1.807) is 19.1 Å². The van der Waals surface area contributed by atoms with Gasteiger partial charge in [-0.3, -0.25) is 4.90 Å². The standard InChI is InChI=1S/C33H31F2N5O4/c1-19-28-27(31(42)44-29(19)24-14-23(41)13-20-5-2-7-25(35)26(20)24)30(39-12-11-38-9-3-6-22(38)17-39)37-32(36-28)43-18-33-8-4-10-40(33)16-21(34)15-33/h2-3,5-7,9,13-14,21,41H,4,8,10-12,15-18H2,1H3/t21-,33+/m1/s1. The first kappa shape index (κ1) is 27.1. The normalized spacial score (nSPS) is 21.7. The van der Waals surface area contributed by atoms with Gasteiger partial charge in [-0.25, -0.2) is 13.6 Å². The van der Waals surface area contributed by atoms with Crippen LogP contribution in [-0.4, -0.2) is 62.5 Å². The number of halogens is 2. The third kappa shape index (κ3) is 4.24. The smallest absolute Gasteiger partial charge is 0.349 e. The van der Waals surface area contributed by atoms with Gasteiger partial charge in [0.05, 0.1) is 17.6 Å². The van der Waals surface area contributed by atoms with Crippen molar-refractivity contribution in [2.24, 2.45) is 0 Å². The predicted octanol–water partition coefficient (Wildman–Crippen LogP) is 5.33. The van der Waals surface area contributed by atoms with Crippen molar-refractivity contribution in [1.82, 2.24) is 19.4 Å². The summed E-state index contributed by atoms with van der Waals surface area (Å²) in [5, 5.41) is 11.4. The molecule has 226 valence electrons. The molecule has 0 radical (unpaired) electrons. The molecule has 44 heavy (non-hydrogen) atoms. The van der Waals surface area contributed by atoms with Crippen LogP contribution in [0.5, 0.6) is 11.8 Å². The van der Waals surface area contributed by atoms with Gasteiger partial charge in [0.15, 0.2) is 5.82 Å². The summed E-state index contributed by atoms with van der Waals surface area (Å²) in [4.78, 5) is 27.5. The van der Waals surface area contributed by atoms with E-state index in [0.717, 1.165) is 25.1 Å². The molecule has 5 aromatic rings. The van der Waals surface area contributed by atoms with Crippen molar-refractivity contribution in [2.75, 3.05) is 31.1 Å². The van der Waals surface area contributed by atoms with Gasteiger partial charge in [-0.05, 0) is 62.0 Å². The first-order valence-corrected chi connectivity index (χ1v) is 15.0. The van der Waals surface area contributed by atoms with Crippen molar-refractivity contribution in [3.63, 3.8) is 0 Å². The summed E-state index contributed by atoms with van der Waals surface area (Å²) in [7, 11) is 0. The molecule has 0 aliphatic carbocycles. The lowest BCUT2D eigenvalue weighted by Crippen LogP contribution is -2.43. The lowest BCUT2D eigenvalue weighted by atomic mass is 9.95. The van der Waals surface area contributed by atoms with Crippen molar-refractivity contribution >= 4 is 27.5 Å². The summed E-state index contributed by atoms with van der Waals surface area (Å²) in [6, 6.07) is 11.5. The summed E-state index contributed by atoms with van der Waals surface area (Å²) >= 11 is 0. The molecule has 2 saturated heterocycles. The molecule has 11 heteroatoms. The van der Waals surface area contributed by atoms with Gasteiger partial charge >= 0.3 is 11.6 Å². The highest BCUT2D eigenvalue weighted by atomic mass is 19.1. The van der Waals surface area contributed by atoms with Crippen LogP contribution in [0, 0.1) is 12.7 Å². The van der Waals surface area contributed by atoms with Gasteiger partial charge in [0.2, 0.25) is 0 Å². The zero-order valence-electron chi connectivity index (χ0n) is 24.2. The number of aryl methyl sites for hydroxylation is 1. The molecule has 9 nitrogen and oxygen atoms in total. The number of benzene rings is 2. The van der Waals surface area contributed by atoms with E-state index < -0.39 is 23.2 Å². The molecule has 0 amide bonds. The summed E-state index contributed by atoms with van der Waals surface area (Å²) in [5.74, 6) is -0.102. The number of rotatable bonds is 5. The summed E-state index contributed by atoms with van der Waals surface area (Å²) < 4.78 is 44.0. The van der Waals surface area contributed by atoms with E-state index in [-0.39, 0.29) is 40.5 Å². The lowest BCUT2D eigenvalue weighted by Gasteiger charge is -2.32. The fraction of sp³-hybridized carbons (Fsp3) is 0.364. The van der Waals surface area contributed by atoms with Crippen LogP contribution in [0.1, 0.15) is 30.5 Å². The molecular weight excluding hydrogens is 568 g/mol. The molecule has 3 aliphatic heterocycles. The summed E-state index contributed by atoms with van der Waals surface area (Å²) in [6.07, 6.45) is 3.34. The van der Waals surface area contributed by atoms with Crippen LogP contribution in [0.2, 0.25) is 0 Å². The van der Waals surface area contributed by atoms with Gasteiger partial charge in [-0.15, -0.1) is 0 Å². The number of phenolic OH excluding ortho intramolecular Hbond substituents is 1. The minimum absolute atomic E-state index is 0.0867. The van der Waals surface area contributed by atoms with Gasteiger partial charge in [-0.2, -0.15) is 9.97 Å². The van der Waals surface area contributed by atoms with Crippen LogP contribution in [0.3, 0.4) is 0 Å². The zero-order chi connectivity index (χ0) is 30.2. The molecule has 0 bridgehead atoms. The van der Waals surface area contributed by atoms with Crippen molar-refractivity contribution in [3.8, 4) is 23.1 Å². The highest BCUT2D eigenvalue weighted by Crippen LogP contribution is 2.41. The Morgan fingerprint density at radius 1 is 1.14 bits per heavy atom. The average molecular weight is 600 g/mol. The fourth-order valence-electron chi connectivity index (χ4n) is 7.45. The second-order valence-corrected chi connectivity index (χ2v) is 12.2. The van der Waals surface area contributed by atoms with Crippen LogP contribution in [0.25, 0.3) is 33.0 Å². The molecule has 3 aliphatic rings. The Balaban J connectivity index is 1.30. The van der Waals surface area contributed by atoms with Gasteiger partial charge in [0, 0.05) is 54.5 Å². The average Bonchev–Trinajstić information content (AvgIpc) is 3.71. The van der Waals surface area contributed by atoms with Crippen LogP contribution in [-0.2, 0) is 13.1 Å². The molecule has 3 aromatic heterocycles. The van der Waals surface area contributed by atoms with E-state index in [9.17, 15) is 14.3 Å². The van der Waals surface area contributed by atoms with E-state index in [1.165, 1.54) is 18.2 Å². The zero-order valence-corrected chi connectivity index (χ0v) is 24.2. The molecule has 6 heterocycles. The predicted molar refractivity (Wildman–Crippen MR) is 161 cm³/mol. The molecular formula is C33H31F2N5O4. The van der Waals surface area contributed by atoms with Crippen LogP contribution in [0.4, 0.5) is 14.6 Å². The second-order valence-electron chi connectivity index (χ2n) is 12.2. The maximum atomic E-state index is 15.2. The van der Waals surface area contributed by atoms with Crippen molar-refractivity contribution < 1.29 is 23.0 Å². The van der Waals surface area contributed by atoms with Crippen molar-refractivity contribution in [2.45, 2.75) is 51.0 Å². The van der Waals surface area contributed by atoms with E-state index in [4.69, 9.17) is 19.1 Å². The SMILES string of the molecule is Cc1c(-c2cc(O)cc3cccc(F)c23)oc(=O)c2c(N3CCn4cccc4C3)nc(OC[C@@]34CCCN3C[C@H](F)C4)nc12. The highest BCUT2D eigenvalue weighted by molar-refractivity contribution is 6.00. The van der Waals surface area contributed by atoms with Crippen molar-refractivity contribution in [1.29, 1.82) is 0 Å². The van der Waals surface area contributed by atoms with E-state index >= 15 is 4.39 Å². The third-order valence-electron chi connectivity index (χ3n) is 9.54. The minimum Gasteiger partial charge on any atom is -0.508 e. The quantitative estimate of drug-likeness (QED) is 0.290. The number of ether oxygens (including phenoxy) is 1. The number of anilines is 1. The Labute approximate surface area is 251 Å². The summed E-state index contributed by atoms with van der Waals surface area (Å²) in [6.45, 7) is 5.03. The second kappa shape index (κ2) is 10.0. The monoisotopic (exact) mass is 599 g/mol. The largest absolute Gasteiger partial charge is 0.508 e. The number of phenols is 1. The number of aromatic hydroxyl groups is 1. The Morgan fingerprint density at radius 3 is 2.91 bits per heavy atom. The number of hydrogen-bond acceptors (Lipinski definition) is 8. The first-order valence-electron chi connectivity index (χ1n) is 15.0. The fourth-order valence-corrected chi connectivity index (χ4v) is 7.45. The van der Waals surface area contributed by atoms with Gasteiger partial charge in [0.1, 0.15) is 35.5 Å². The van der Waals surface area contributed by atoms with Gasteiger partial charge in [0.25, 0.3) is 0 Å². The number of alkyl halides is 1. The van der Waals surface area contributed by atoms with E-state index in [1.807, 2.05) is 23.2 Å².